The lowest BCUT2D eigenvalue weighted by molar-refractivity contribution is -0.0493. The van der Waals surface area contributed by atoms with Gasteiger partial charge in [-0.15, -0.1) is 0 Å². The lowest BCUT2D eigenvalue weighted by Gasteiger charge is -2.13. The van der Waals surface area contributed by atoms with Crippen molar-refractivity contribution < 1.29 is 23.0 Å². The summed E-state index contributed by atoms with van der Waals surface area (Å²) in [6.07, 6.45) is -1.01. The predicted octanol–water partition coefficient (Wildman–Crippen LogP) is 3.24. The number of ether oxygens (including phenoxy) is 2. The second kappa shape index (κ2) is 6.03. The highest BCUT2D eigenvalue weighted by molar-refractivity contribution is 5.86. The largest absolute Gasteiger partial charge is 0.447 e. The number of carbonyl (C=O) groups excluding carboxylic acids is 1. The van der Waals surface area contributed by atoms with Crippen LogP contribution in [0.4, 0.5) is 19.3 Å². The van der Waals surface area contributed by atoms with Crippen molar-refractivity contribution in [2.45, 2.75) is 26.6 Å². The molecule has 1 aromatic rings. The quantitative estimate of drug-likeness (QED) is 0.885. The van der Waals surface area contributed by atoms with Crippen LogP contribution in [0.15, 0.2) is 24.3 Å². The topological polar surface area (TPSA) is 47.6 Å². The number of hydrogen-bond donors (Lipinski definition) is 1. The van der Waals surface area contributed by atoms with E-state index in [2.05, 4.69) is 10.1 Å². The molecule has 0 saturated heterocycles. The number of hydrogen-bond acceptors (Lipinski definition) is 3. The van der Waals surface area contributed by atoms with Crippen LogP contribution in [0.2, 0.25) is 0 Å². The Balaban J connectivity index is 2.72. The Labute approximate surface area is 97.5 Å². The van der Waals surface area contributed by atoms with E-state index < -0.39 is 12.7 Å². The van der Waals surface area contributed by atoms with Crippen LogP contribution in [0.25, 0.3) is 0 Å². The Kier molecular flexibility index (Phi) is 4.68. The van der Waals surface area contributed by atoms with Gasteiger partial charge in [-0.3, -0.25) is 5.32 Å². The minimum Gasteiger partial charge on any atom is -0.447 e. The van der Waals surface area contributed by atoms with Crippen LogP contribution in [0.1, 0.15) is 13.8 Å². The van der Waals surface area contributed by atoms with Gasteiger partial charge in [0, 0.05) is 0 Å². The highest BCUT2D eigenvalue weighted by Gasteiger charge is 2.12. The second-order valence-corrected chi connectivity index (χ2v) is 3.45. The molecule has 0 atom stereocenters. The lowest BCUT2D eigenvalue weighted by Crippen LogP contribution is -2.18. The van der Waals surface area contributed by atoms with Crippen LogP contribution in [-0.2, 0) is 4.74 Å². The van der Waals surface area contributed by atoms with Gasteiger partial charge in [-0.2, -0.15) is 8.78 Å². The van der Waals surface area contributed by atoms with E-state index in [1.165, 1.54) is 18.2 Å². The number of alkyl halides is 2. The second-order valence-electron chi connectivity index (χ2n) is 3.45. The molecule has 0 aliphatic heterocycles. The van der Waals surface area contributed by atoms with E-state index in [1.54, 1.807) is 19.9 Å². The standard InChI is InChI=1S/C11H13F2NO3/c1-7(2)16-11(15)14-8-5-3-4-6-9(8)17-10(12)13/h3-7,10H,1-2H3,(H,14,15). The number of rotatable bonds is 4. The fraction of sp³-hybridized carbons (Fsp3) is 0.364. The summed E-state index contributed by atoms with van der Waals surface area (Å²) in [5, 5.41) is 2.33. The third-order valence-corrected chi connectivity index (χ3v) is 1.68. The normalized spacial score (nSPS) is 10.5. The summed E-state index contributed by atoms with van der Waals surface area (Å²) >= 11 is 0. The Morgan fingerprint density at radius 3 is 2.53 bits per heavy atom. The van der Waals surface area contributed by atoms with Gasteiger partial charge in [0.2, 0.25) is 0 Å². The summed E-state index contributed by atoms with van der Waals surface area (Å²) in [5.74, 6) is -0.108. The Morgan fingerprint density at radius 2 is 1.94 bits per heavy atom. The molecule has 4 nitrogen and oxygen atoms in total. The van der Waals surface area contributed by atoms with Crippen molar-refractivity contribution in [3.63, 3.8) is 0 Å². The maximum Gasteiger partial charge on any atom is 0.411 e. The molecule has 1 N–H and O–H groups in total. The molecule has 0 heterocycles. The molecule has 6 heteroatoms. The zero-order valence-electron chi connectivity index (χ0n) is 9.44. The molecule has 0 fully saturated rings. The number of halogens is 2. The molecular formula is C11H13F2NO3. The first-order valence-corrected chi connectivity index (χ1v) is 5.00. The number of amides is 1. The molecule has 0 radical (unpaired) electrons. The van der Waals surface area contributed by atoms with Gasteiger partial charge in [0.15, 0.2) is 0 Å². The van der Waals surface area contributed by atoms with E-state index in [1.807, 2.05) is 0 Å². The summed E-state index contributed by atoms with van der Waals surface area (Å²) in [5.41, 5.74) is 0.137. The van der Waals surface area contributed by atoms with E-state index in [4.69, 9.17) is 4.74 Å². The summed E-state index contributed by atoms with van der Waals surface area (Å²) in [7, 11) is 0. The van der Waals surface area contributed by atoms with Crippen LogP contribution < -0.4 is 10.1 Å². The van der Waals surface area contributed by atoms with Crippen molar-refractivity contribution in [2.24, 2.45) is 0 Å². The molecule has 0 saturated carbocycles. The molecule has 1 rings (SSSR count). The number of anilines is 1. The van der Waals surface area contributed by atoms with Crippen molar-refractivity contribution in [3.8, 4) is 5.75 Å². The van der Waals surface area contributed by atoms with Crippen molar-refractivity contribution in [1.29, 1.82) is 0 Å². The molecule has 94 valence electrons. The van der Waals surface area contributed by atoms with Gasteiger partial charge in [0.25, 0.3) is 0 Å². The van der Waals surface area contributed by atoms with Crippen LogP contribution in [0, 0.1) is 0 Å². The third-order valence-electron chi connectivity index (χ3n) is 1.68. The van der Waals surface area contributed by atoms with Crippen LogP contribution in [-0.4, -0.2) is 18.8 Å². The van der Waals surface area contributed by atoms with Crippen LogP contribution in [0.5, 0.6) is 5.75 Å². The van der Waals surface area contributed by atoms with Gasteiger partial charge in [0.1, 0.15) is 5.75 Å². The number of carbonyl (C=O) groups is 1. The van der Waals surface area contributed by atoms with Crippen molar-refractivity contribution in [1.82, 2.24) is 0 Å². The highest BCUT2D eigenvalue weighted by Crippen LogP contribution is 2.25. The maximum atomic E-state index is 12.1. The van der Waals surface area contributed by atoms with Crippen molar-refractivity contribution >= 4 is 11.8 Å². The van der Waals surface area contributed by atoms with Crippen LogP contribution >= 0.6 is 0 Å². The summed E-state index contributed by atoms with van der Waals surface area (Å²) in [6, 6.07) is 5.89. The zero-order valence-corrected chi connectivity index (χ0v) is 9.44. The molecule has 17 heavy (non-hydrogen) atoms. The predicted molar refractivity (Wildman–Crippen MR) is 58.3 cm³/mol. The molecule has 1 amide bonds. The van der Waals surface area contributed by atoms with Crippen molar-refractivity contribution in [2.75, 3.05) is 5.32 Å². The first-order chi connectivity index (χ1) is 7.99. The summed E-state index contributed by atoms with van der Waals surface area (Å²) in [4.78, 5) is 11.3. The molecule has 0 bridgehead atoms. The first-order valence-electron chi connectivity index (χ1n) is 5.00. The average molecular weight is 245 g/mol. The smallest absolute Gasteiger partial charge is 0.411 e. The van der Waals surface area contributed by atoms with Crippen LogP contribution in [0.3, 0.4) is 0 Å². The minimum absolute atomic E-state index is 0.108. The van der Waals surface area contributed by atoms with Crippen molar-refractivity contribution in [3.05, 3.63) is 24.3 Å². The molecule has 1 aromatic carbocycles. The zero-order chi connectivity index (χ0) is 12.8. The third kappa shape index (κ3) is 4.67. The number of para-hydroxylation sites is 2. The minimum atomic E-state index is -2.95. The van der Waals surface area contributed by atoms with Gasteiger partial charge >= 0.3 is 12.7 Å². The Morgan fingerprint density at radius 1 is 1.29 bits per heavy atom. The fourth-order valence-electron chi connectivity index (χ4n) is 1.12. The molecule has 0 aliphatic carbocycles. The Hall–Kier alpha value is -1.85. The van der Waals surface area contributed by atoms with E-state index in [0.29, 0.717) is 0 Å². The molecule has 0 aromatic heterocycles. The fourth-order valence-corrected chi connectivity index (χ4v) is 1.12. The van der Waals surface area contributed by atoms with E-state index >= 15 is 0 Å². The molecule has 0 unspecified atom stereocenters. The SMILES string of the molecule is CC(C)OC(=O)Nc1ccccc1OC(F)F. The van der Waals surface area contributed by atoms with Gasteiger partial charge in [0.05, 0.1) is 11.8 Å². The highest BCUT2D eigenvalue weighted by atomic mass is 19.3. The number of nitrogens with one attached hydrogen (secondary N) is 1. The van der Waals surface area contributed by atoms with E-state index in [0.717, 1.165) is 0 Å². The van der Waals surface area contributed by atoms with Gasteiger partial charge < -0.3 is 9.47 Å². The first kappa shape index (κ1) is 13.2. The number of benzene rings is 1. The monoisotopic (exact) mass is 245 g/mol. The van der Waals surface area contributed by atoms with Gasteiger partial charge in [-0.1, -0.05) is 12.1 Å². The van der Waals surface area contributed by atoms with E-state index in [9.17, 15) is 13.6 Å². The maximum absolute atomic E-state index is 12.1. The van der Waals surface area contributed by atoms with Gasteiger partial charge in [-0.25, -0.2) is 4.79 Å². The summed E-state index contributed by atoms with van der Waals surface area (Å²) < 4.78 is 33.2. The van der Waals surface area contributed by atoms with Gasteiger partial charge in [-0.05, 0) is 26.0 Å². The van der Waals surface area contributed by atoms with E-state index in [-0.39, 0.29) is 17.5 Å². The lowest BCUT2D eigenvalue weighted by atomic mass is 10.3. The molecule has 0 aliphatic rings. The molecule has 0 spiro atoms. The summed E-state index contributed by atoms with van der Waals surface area (Å²) in [6.45, 7) is 0.418. The Bertz CT molecular complexity index is 383. The average Bonchev–Trinajstić information content (AvgIpc) is 2.18. The molecular weight excluding hydrogens is 232 g/mol.